The Balaban J connectivity index is 0.000000433. The Morgan fingerprint density at radius 3 is 2.10 bits per heavy atom. The molecular weight excluding hydrogens is 259 g/mol. The lowest BCUT2D eigenvalue weighted by Gasteiger charge is -2.13. The minimum atomic E-state index is -0.630. The molecule has 14 heteroatoms. The van der Waals surface area contributed by atoms with Crippen molar-refractivity contribution in [2.24, 2.45) is 5.11 Å². The van der Waals surface area contributed by atoms with Crippen molar-refractivity contribution in [3.05, 3.63) is 50.4 Å². The smallest absolute Gasteiger partial charge is 0.258 e. The van der Waals surface area contributed by atoms with Crippen molar-refractivity contribution >= 4 is 63.5 Å². The molecule has 10 radical (unpaired) electrons. The van der Waals surface area contributed by atoms with E-state index in [2.05, 4.69) is 10.0 Å². The summed E-state index contributed by atoms with van der Waals surface area (Å²) >= 11 is 0. The van der Waals surface area contributed by atoms with Crippen molar-refractivity contribution in [1.82, 2.24) is 0 Å². The first kappa shape index (κ1) is 19.4. The second-order valence-corrected chi connectivity index (χ2v) is 4.01. The largest absolute Gasteiger partial charge is 0.272 e. The molecule has 0 saturated carbocycles. The summed E-state index contributed by atoms with van der Waals surface area (Å²) in [6, 6.07) is 6.17. The maximum atomic E-state index is 10.5. The number of nitro groups is 1. The summed E-state index contributed by atoms with van der Waals surface area (Å²) in [5.74, 6) is 0. The molecular formula is C7H6B8N4O2. The summed E-state index contributed by atoms with van der Waals surface area (Å²) in [7, 11) is 25.8. The molecule has 0 saturated heterocycles. The van der Waals surface area contributed by atoms with Gasteiger partial charge in [-0.3, -0.25) is 10.1 Å². The highest BCUT2D eigenvalue weighted by Crippen LogP contribution is 2.18. The van der Waals surface area contributed by atoms with Gasteiger partial charge < -0.3 is 0 Å². The fourth-order valence-electron chi connectivity index (χ4n) is 1.19. The van der Waals surface area contributed by atoms with Crippen LogP contribution in [0.5, 0.6) is 0 Å². The van der Waals surface area contributed by atoms with E-state index in [0.717, 1.165) is 0 Å². The van der Waals surface area contributed by atoms with Gasteiger partial charge >= 0.3 is 0 Å². The lowest BCUT2D eigenvalue weighted by molar-refractivity contribution is -0.385. The molecule has 0 amide bonds. The summed E-state index contributed by atoms with van der Waals surface area (Å²) < 4.78 is 0. The topological polar surface area (TPSA) is 91.9 Å². The van der Waals surface area contributed by atoms with Gasteiger partial charge in [-0.15, -0.1) is 0 Å². The maximum Gasteiger partial charge on any atom is 0.272 e. The molecule has 0 heterocycles. The third-order valence-corrected chi connectivity index (χ3v) is 2.38. The van der Waals surface area contributed by atoms with E-state index in [4.69, 9.17) is 44.2 Å². The molecule has 1 aromatic carbocycles. The third-order valence-electron chi connectivity index (χ3n) is 2.38. The van der Waals surface area contributed by atoms with E-state index in [1.807, 2.05) is 0 Å². The van der Waals surface area contributed by atoms with Crippen molar-refractivity contribution < 1.29 is 4.92 Å². The second kappa shape index (κ2) is 10.2. The lowest BCUT2D eigenvalue weighted by atomic mass is 8.68. The number of benzene rings is 1. The van der Waals surface area contributed by atoms with E-state index in [0.29, 0.717) is 5.56 Å². The van der Waals surface area contributed by atoms with E-state index in [9.17, 15) is 10.1 Å². The minimum Gasteiger partial charge on any atom is -0.258 e. The van der Waals surface area contributed by atoms with Crippen LogP contribution in [0.4, 0.5) is 5.69 Å². The van der Waals surface area contributed by atoms with E-state index >= 15 is 0 Å². The van der Waals surface area contributed by atoms with Gasteiger partial charge in [0.25, 0.3) is 5.69 Å². The number of nitro benzene ring substituents is 1. The lowest BCUT2D eigenvalue weighted by Crippen LogP contribution is -2.52. The zero-order chi connectivity index (χ0) is 16.4. The number of azide groups is 1. The Hall–Kier alpha value is -1.55. The fraction of sp³-hybridized carbons (Fsp3) is 0.143. The summed E-state index contributed by atoms with van der Waals surface area (Å²) in [6.45, 7) is 0.00759. The van der Waals surface area contributed by atoms with Crippen LogP contribution in [0.1, 0.15) is 5.56 Å². The molecule has 0 fully saturated rings. The van der Waals surface area contributed by atoms with Crippen LogP contribution in [0.3, 0.4) is 0 Å². The zero-order valence-electron chi connectivity index (χ0n) is 11.2. The molecule has 1 aromatic rings. The molecule has 0 bridgehead atoms. The molecule has 21 heavy (non-hydrogen) atoms. The zero-order valence-corrected chi connectivity index (χ0v) is 11.2. The van der Waals surface area contributed by atoms with Crippen LogP contribution >= 0.6 is 0 Å². The third kappa shape index (κ3) is 7.71. The van der Waals surface area contributed by atoms with Crippen LogP contribution in [0.2, 0.25) is 0 Å². The second-order valence-electron chi connectivity index (χ2n) is 4.01. The number of para-hydroxylation sites is 1. The summed E-state index contributed by atoms with van der Waals surface area (Å²) in [6.07, 6.45) is -1.78. The van der Waals surface area contributed by atoms with Gasteiger partial charge in [0.05, 0.1) is 11.5 Å². The van der Waals surface area contributed by atoms with Crippen molar-refractivity contribution in [2.45, 2.75) is 6.54 Å². The molecule has 6 nitrogen and oxygen atoms in total. The fourth-order valence-corrected chi connectivity index (χ4v) is 1.19. The molecule has 0 aliphatic heterocycles. The monoisotopic (exact) mass is 266 g/mol. The highest BCUT2D eigenvalue weighted by molar-refractivity contribution is 7.89. The predicted octanol–water partition coefficient (Wildman–Crippen LogP) is -0.641. The molecule has 0 aromatic heterocycles. The van der Waals surface area contributed by atoms with Gasteiger partial charge in [-0.05, 0) is 5.53 Å². The first-order chi connectivity index (χ1) is 9.81. The van der Waals surface area contributed by atoms with Gasteiger partial charge in [-0.2, -0.15) is 0 Å². The van der Waals surface area contributed by atoms with Crippen molar-refractivity contribution in [1.29, 1.82) is 0 Å². The van der Waals surface area contributed by atoms with Crippen LogP contribution in [-0.2, 0) is 6.54 Å². The van der Waals surface area contributed by atoms with Gasteiger partial charge in [0.15, 0.2) is 0 Å². The summed E-state index contributed by atoms with van der Waals surface area (Å²) in [5, 5.41) is 13.7. The standard InChI is InChI=1S/C7H6N4O2.B8/c8-10-9-5-6-3-1-2-4-7(6)11(12)13;1-6(2)8(5)7(3)4/h1-4H,5H2;. The van der Waals surface area contributed by atoms with Gasteiger partial charge in [-0.25, -0.2) is 0 Å². The molecule has 90 valence electrons. The molecule has 1 rings (SSSR count). The van der Waals surface area contributed by atoms with Gasteiger partial charge in [0.2, 0.25) is 0 Å². The summed E-state index contributed by atoms with van der Waals surface area (Å²) in [5.41, 5.74) is 8.45. The quantitative estimate of drug-likeness (QED) is 0.177. The first-order valence-electron chi connectivity index (χ1n) is 5.82. The van der Waals surface area contributed by atoms with Crippen molar-refractivity contribution in [2.75, 3.05) is 0 Å². The van der Waals surface area contributed by atoms with Gasteiger partial charge in [-0.1, -0.05) is 23.3 Å². The van der Waals surface area contributed by atoms with Gasteiger partial charge in [0.1, 0.15) is 0 Å². The molecule has 0 unspecified atom stereocenters. The van der Waals surface area contributed by atoms with E-state index in [1.165, 1.54) is 6.07 Å². The first-order valence-corrected chi connectivity index (χ1v) is 5.82. The molecule has 0 N–H and O–H groups in total. The Bertz CT molecular complexity index is 501. The number of hydrogen-bond donors (Lipinski definition) is 0. The SMILES string of the molecule is [B]B([B])B([B])B([B])[B].[N-]=[N+]=NCc1ccccc1[N+](=O)[O-]. The van der Waals surface area contributed by atoms with Crippen LogP contribution in [0.15, 0.2) is 29.4 Å². The minimum absolute atomic E-state index is 0.00759. The van der Waals surface area contributed by atoms with E-state index in [-0.39, 0.29) is 12.2 Å². The number of rotatable bonds is 5. The molecule has 0 atom stereocenters. The predicted molar refractivity (Wildman–Crippen MR) is 92.0 cm³/mol. The summed E-state index contributed by atoms with van der Waals surface area (Å²) in [4.78, 5) is 12.5. The van der Waals surface area contributed by atoms with Crippen LogP contribution in [0, 0.1) is 10.1 Å². The van der Waals surface area contributed by atoms with E-state index in [1.54, 1.807) is 18.2 Å². The maximum absolute atomic E-state index is 10.5. The van der Waals surface area contributed by atoms with E-state index < -0.39 is 24.1 Å². The Kier molecular flexibility index (Phi) is 9.46. The Labute approximate surface area is 131 Å². The van der Waals surface area contributed by atoms with Crippen LogP contribution in [-0.4, -0.2) is 62.8 Å². The average Bonchev–Trinajstić information content (AvgIpc) is 2.44. The molecule has 0 spiro atoms. The van der Waals surface area contributed by atoms with Crippen LogP contribution in [0.25, 0.3) is 10.4 Å². The highest BCUT2D eigenvalue weighted by Gasteiger charge is 2.14. The van der Waals surface area contributed by atoms with Crippen molar-refractivity contribution in [3.63, 3.8) is 0 Å². The Morgan fingerprint density at radius 1 is 1.19 bits per heavy atom. The molecule has 0 aliphatic rings. The Morgan fingerprint density at radius 2 is 1.71 bits per heavy atom. The number of nitrogens with zero attached hydrogens (tertiary/aromatic N) is 4. The highest BCUT2D eigenvalue weighted by atomic mass is 16.6. The number of hydrogen-bond acceptors (Lipinski definition) is 3. The molecule has 0 aliphatic carbocycles. The van der Waals surface area contributed by atoms with Gasteiger partial charge in [0, 0.05) is 74.4 Å². The van der Waals surface area contributed by atoms with Crippen molar-refractivity contribution in [3.8, 4) is 0 Å². The van der Waals surface area contributed by atoms with Crippen LogP contribution < -0.4 is 0 Å². The average molecular weight is 265 g/mol. The normalized spacial score (nSPS) is 8.57.